The van der Waals surface area contributed by atoms with Crippen LogP contribution >= 0.6 is 11.8 Å². The summed E-state index contributed by atoms with van der Waals surface area (Å²) in [5.74, 6) is 0. The molecule has 3 rings (SSSR count). The van der Waals surface area contributed by atoms with Crippen LogP contribution in [0.15, 0.2) is 95.9 Å². The molecule has 132 valence electrons. The van der Waals surface area contributed by atoms with Crippen LogP contribution in [0.25, 0.3) is 0 Å². The average Bonchev–Trinajstić information content (AvgIpc) is 2.70. The highest BCUT2D eigenvalue weighted by Crippen LogP contribution is 2.28. The van der Waals surface area contributed by atoms with Gasteiger partial charge in [0.1, 0.15) is 6.10 Å². The number of carbonyl (C=O) groups excluding carboxylic acids is 1. The van der Waals surface area contributed by atoms with Crippen molar-refractivity contribution >= 4 is 16.9 Å². The van der Waals surface area contributed by atoms with Crippen molar-refractivity contribution < 1.29 is 14.6 Å². The van der Waals surface area contributed by atoms with E-state index in [1.165, 1.54) is 0 Å². The molecule has 0 aromatic heterocycles. The Morgan fingerprint density at radius 3 is 2.00 bits per heavy atom. The van der Waals surface area contributed by atoms with Gasteiger partial charge in [-0.05, 0) is 35.0 Å². The number of aliphatic hydroxyl groups is 1. The van der Waals surface area contributed by atoms with E-state index in [0.717, 1.165) is 22.2 Å². The van der Waals surface area contributed by atoms with Crippen LogP contribution in [0.1, 0.15) is 17.2 Å². The van der Waals surface area contributed by atoms with Crippen molar-refractivity contribution in [2.75, 3.05) is 0 Å². The molecule has 2 atom stereocenters. The van der Waals surface area contributed by atoms with Crippen molar-refractivity contribution in [2.45, 2.75) is 23.7 Å². The van der Waals surface area contributed by atoms with Crippen LogP contribution in [0.5, 0.6) is 0 Å². The molecule has 0 saturated carbocycles. The van der Waals surface area contributed by atoms with Gasteiger partial charge in [0.15, 0.2) is 6.10 Å². The molecule has 26 heavy (non-hydrogen) atoms. The molecule has 0 aliphatic rings. The van der Waals surface area contributed by atoms with E-state index >= 15 is 0 Å². The fourth-order valence-electron chi connectivity index (χ4n) is 2.54. The molecular weight excluding hydrogens is 344 g/mol. The highest BCUT2D eigenvalue weighted by atomic mass is 32.2. The number of thioether (sulfide) groups is 1. The lowest BCUT2D eigenvalue weighted by Gasteiger charge is -2.22. The largest absolute Gasteiger partial charge is 0.385 e. The molecular formula is C22H20O3S. The molecule has 0 radical (unpaired) electrons. The summed E-state index contributed by atoms with van der Waals surface area (Å²) < 4.78 is 5.86. The number of hydrogen-bond donors (Lipinski definition) is 1. The first kappa shape index (κ1) is 18.4. The summed E-state index contributed by atoms with van der Waals surface area (Å²) in [4.78, 5) is 13.7. The van der Waals surface area contributed by atoms with Gasteiger partial charge >= 0.3 is 0 Å². The maximum atomic E-state index is 12.8. The van der Waals surface area contributed by atoms with E-state index in [4.69, 9.17) is 4.74 Å². The minimum absolute atomic E-state index is 0.219. The summed E-state index contributed by atoms with van der Waals surface area (Å²) in [6, 6.07) is 28.1. The van der Waals surface area contributed by atoms with Crippen LogP contribution in [-0.2, 0) is 16.1 Å². The monoisotopic (exact) mass is 364 g/mol. The molecule has 0 fully saturated rings. The van der Waals surface area contributed by atoms with Crippen molar-refractivity contribution in [3.05, 3.63) is 102 Å². The zero-order chi connectivity index (χ0) is 18.2. The second-order valence-corrected chi connectivity index (χ2v) is 6.88. The lowest BCUT2D eigenvalue weighted by atomic mass is 10.1. The molecule has 0 saturated heterocycles. The van der Waals surface area contributed by atoms with Gasteiger partial charge in [-0.3, -0.25) is 4.79 Å². The Morgan fingerprint density at radius 2 is 1.38 bits per heavy atom. The Kier molecular flexibility index (Phi) is 6.61. The van der Waals surface area contributed by atoms with Crippen molar-refractivity contribution in [3.8, 4) is 0 Å². The average molecular weight is 364 g/mol. The van der Waals surface area contributed by atoms with Crippen LogP contribution in [0.4, 0.5) is 0 Å². The molecule has 3 aromatic carbocycles. The Labute approximate surface area is 157 Å². The number of hydrogen-bond acceptors (Lipinski definition) is 4. The van der Waals surface area contributed by atoms with Gasteiger partial charge in [-0.1, -0.05) is 78.9 Å². The second kappa shape index (κ2) is 9.34. The lowest BCUT2D eigenvalue weighted by molar-refractivity contribution is -0.131. The Bertz CT molecular complexity index is 807. The zero-order valence-electron chi connectivity index (χ0n) is 14.2. The minimum atomic E-state index is -1.02. The Hall–Kier alpha value is -2.40. The zero-order valence-corrected chi connectivity index (χ0v) is 15.0. The highest BCUT2D eigenvalue weighted by Gasteiger charge is 2.29. The summed E-state index contributed by atoms with van der Waals surface area (Å²) in [7, 11) is 0. The van der Waals surface area contributed by atoms with E-state index < -0.39 is 12.2 Å². The molecule has 0 aliphatic carbocycles. The fraction of sp³-hybridized carbons (Fsp3) is 0.136. The van der Waals surface area contributed by atoms with Gasteiger partial charge in [-0.25, -0.2) is 0 Å². The molecule has 0 heterocycles. The van der Waals surface area contributed by atoms with Crippen LogP contribution in [0.3, 0.4) is 0 Å². The topological polar surface area (TPSA) is 46.5 Å². The molecule has 0 bridgehead atoms. The maximum absolute atomic E-state index is 12.8. The quantitative estimate of drug-likeness (QED) is 0.621. The van der Waals surface area contributed by atoms with Gasteiger partial charge in [0.05, 0.1) is 6.61 Å². The van der Waals surface area contributed by atoms with Crippen LogP contribution < -0.4 is 0 Å². The van der Waals surface area contributed by atoms with Crippen molar-refractivity contribution in [1.29, 1.82) is 0 Å². The summed E-state index contributed by atoms with van der Waals surface area (Å²) in [5, 5.41) is 10.5. The van der Waals surface area contributed by atoms with E-state index in [0.29, 0.717) is 5.56 Å². The van der Waals surface area contributed by atoms with Crippen LogP contribution in [0.2, 0.25) is 0 Å². The molecule has 0 aliphatic heterocycles. The van der Waals surface area contributed by atoms with Gasteiger partial charge < -0.3 is 9.84 Å². The number of ether oxygens (including phenoxy) is 1. The van der Waals surface area contributed by atoms with Crippen LogP contribution in [0, 0.1) is 0 Å². The highest BCUT2D eigenvalue weighted by molar-refractivity contribution is 8.13. The predicted octanol–water partition coefficient (Wildman–Crippen LogP) is 4.62. The van der Waals surface area contributed by atoms with Gasteiger partial charge in [0.2, 0.25) is 5.12 Å². The normalized spacial score (nSPS) is 13.1. The standard InChI is InChI=1S/C22H20O3S/c23-20(18-12-6-2-7-13-18)21(25-16-17-10-4-1-5-11-17)22(24)26-19-14-8-3-9-15-19/h1-15,20-21,23H,16H2/t20-,21+/m1/s1. The SMILES string of the molecule is O=C(Sc1ccccc1)[C@@H](OCc1ccccc1)[C@H](O)c1ccccc1. The van der Waals surface area contributed by atoms with Gasteiger partial charge in [0.25, 0.3) is 0 Å². The van der Waals surface area contributed by atoms with E-state index in [1.54, 1.807) is 12.1 Å². The lowest BCUT2D eigenvalue weighted by Crippen LogP contribution is -2.29. The summed E-state index contributed by atoms with van der Waals surface area (Å²) in [6.07, 6.45) is -1.98. The first-order chi connectivity index (χ1) is 12.7. The van der Waals surface area contributed by atoms with Crippen molar-refractivity contribution in [1.82, 2.24) is 0 Å². The molecule has 0 amide bonds. The predicted molar refractivity (Wildman–Crippen MR) is 104 cm³/mol. The Morgan fingerprint density at radius 1 is 0.846 bits per heavy atom. The number of carbonyl (C=O) groups is 1. The van der Waals surface area contributed by atoms with E-state index in [2.05, 4.69) is 0 Å². The summed E-state index contributed by atoms with van der Waals surface area (Å²) in [6.45, 7) is 0.260. The molecule has 0 unspecified atom stereocenters. The number of rotatable bonds is 7. The minimum Gasteiger partial charge on any atom is -0.385 e. The van der Waals surface area contributed by atoms with Crippen molar-refractivity contribution in [2.24, 2.45) is 0 Å². The first-order valence-corrected chi connectivity index (χ1v) is 9.21. The van der Waals surface area contributed by atoms with E-state index in [9.17, 15) is 9.90 Å². The third-order valence-corrected chi connectivity index (χ3v) is 4.84. The van der Waals surface area contributed by atoms with Crippen molar-refractivity contribution in [3.63, 3.8) is 0 Å². The molecule has 3 nitrogen and oxygen atoms in total. The molecule has 1 N–H and O–H groups in total. The molecule has 3 aromatic rings. The third-order valence-electron chi connectivity index (χ3n) is 3.89. The third kappa shape index (κ3) is 5.05. The summed E-state index contributed by atoms with van der Waals surface area (Å²) >= 11 is 1.09. The van der Waals surface area contributed by atoms with Crippen LogP contribution in [-0.4, -0.2) is 16.3 Å². The Balaban J connectivity index is 1.77. The number of aliphatic hydroxyl groups excluding tert-OH is 1. The first-order valence-electron chi connectivity index (χ1n) is 8.39. The smallest absolute Gasteiger partial charge is 0.225 e. The molecule has 4 heteroatoms. The van der Waals surface area contributed by atoms with E-state index in [1.807, 2.05) is 78.9 Å². The maximum Gasteiger partial charge on any atom is 0.225 e. The van der Waals surface area contributed by atoms with Gasteiger partial charge in [-0.2, -0.15) is 0 Å². The fourth-order valence-corrected chi connectivity index (χ4v) is 3.37. The summed E-state index contributed by atoms with van der Waals surface area (Å²) in [5.41, 5.74) is 1.61. The second-order valence-electron chi connectivity index (χ2n) is 5.81. The van der Waals surface area contributed by atoms with Gasteiger partial charge in [-0.15, -0.1) is 0 Å². The van der Waals surface area contributed by atoms with Gasteiger partial charge in [0, 0.05) is 4.90 Å². The number of benzene rings is 3. The van der Waals surface area contributed by atoms with E-state index in [-0.39, 0.29) is 11.7 Å². The molecule has 0 spiro atoms.